The van der Waals surface area contributed by atoms with Gasteiger partial charge in [0, 0.05) is 17.6 Å². The lowest BCUT2D eigenvalue weighted by molar-refractivity contribution is -0.134. The third kappa shape index (κ3) is 4.00. The van der Waals surface area contributed by atoms with Gasteiger partial charge in [-0.1, -0.05) is 48.8 Å². The number of rotatable bonds is 4. The molecule has 1 aliphatic heterocycles. The molecule has 0 N–H and O–H groups in total. The van der Waals surface area contributed by atoms with Crippen molar-refractivity contribution in [1.82, 2.24) is 4.90 Å². The molecule has 1 aromatic carbocycles. The lowest BCUT2D eigenvalue weighted by atomic mass is 10.2. The minimum atomic E-state index is -1.89. The van der Waals surface area contributed by atoms with Crippen LogP contribution in [0.3, 0.4) is 0 Å². The molecule has 1 aromatic rings. The fourth-order valence-electron chi connectivity index (χ4n) is 2.32. The van der Waals surface area contributed by atoms with Gasteiger partial charge in [-0.2, -0.15) is 0 Å². The first-order valence-electron chi connectivity index (χ1n) is 7.81. The van der Waals surface area contributed by atoms with E-state index in [2.05, 4.69) is 61.9 Å². The summed E-state index contributed by atoms with van der Waals surface area (Å²) < 4.78 is 7.36. The highest BCUT2D eigenvalue weighted by Crippen LogP contribution is 2.38. The van der Waals surface area contributed by atoms with Crippen molar-refractivity contribution in [3.8, 4) is 0 Å². The molecule has 1 fully saturated rings. The van der Waals surface area contributed by atoms with Crippen molar-refractivity contribution in [1.29, 1.82) is 0 Å². The van der Waals surface area contributed by atoms with E-state index in [1.807, 2.05) is 17.0 Å². The van der Waals surface area contributed by atoms with Crippen LogP contribution < -0.4 is 0 Å². The van der Waals surface area contributed by atoms with Crippen LogP contribution in [0.15, 0.2) is 28.7 Å². The zero-order valence-electron chi connectivity index (χ0n) is 14.1. The molecular formula is C17H26BrNO2Si. The summed E-state index contributed by atoms with van der Waals surface area (Å²) in [5, 5.41) is 0.131. The molecule has 1 saturated heterocycles. The van der Waals surface area contributed by atoms with Gasteiger partial charge in [0.15, 0.2) is 8.32 Å². The van der Waals surface area contributed by atoms with Crippen LogP contribution in [0.2, 0.25) is 18.1 Å². The third-order valence-electron chi connectivity index (χ3n) is 4.78. The van der Waals surface area contributed by atoms with Crippen LogP contribution in [0.4, 0.5) is 0 Å². The lowest BCUT2D eigenvalue weighted by Gasteiger charge is -2.37. The molecule has 1 aliphatic rings. The molecule has 2 rings (SSSR count). The Hall–Kier alpha value is -0.653. The Morgan fingerprint density at radius 3 is 2.41 bits per heavy atom. The quantitative estimate of drug-likeness (QED) is 0.712. The molecule has 3 nitrogen and oxygen atoms in total. The van der Waals surface area contributed by atoms with Crippen LogP contribution >= 0.6 is 15.9 Å². The summed E-state index contributed by atoms with van der Waals surface area (Å²) in [5.41, 5.74) is 1.16. The number of likely N-dealkylation sites (tertiary alicyclic amines) is 1. The van der Waals surface area contributed by atoms with Gasteiger partial charge >= 0.3 is 0 Å². The second kappa shape index (κ2) is 6.46. The van der Waals surface area contributed by atoms with Gasteiger partial charge in [0.2, 0.25) is 0 Å². The number of benzene rings is 1. The molecule has 0 saturated carbocycles. The fraction of sp³-hybridized carbons (Fsp3) is 0.588. The summed E-state index contributed by atoms with van der Waals surface area (Å²) in [7, 11) is -1.89. The fourth-order valence-corrected chi connectivity index (χ4v) is 3.87. The van der Waals surface area contributed by atoms with Gasteiger partial charge < -0.3 is 9.33 Å². The summed E-state index contributed by atoms with van der Waals surface area (Å²) in [5.74, 6) is 0.146. The molecule has 5 heteroatoms. The highest BCUT2D eigenvalue weighted by atomic mass is 79.9. The van der Waals surface area contributed by atoms with Gasteiger partial charge in [-0.15, -0.1) is 0 Å². The number of halogens is 1. The zero-order valence-corrected chi connectivity index (χ0v) is 16.7. The highest BCUT2D eigenvalue weighted by Gasteiger charge is 2.43. The van der Waals surface area contributed by atoms with Crippen LogP contribution in [-0.4, -0.2) is 31.8 Å². The highest BCUT2D eigenvalue weighted by molar-refractivity contribution is 9.10. The Kier molecular flexibility index (Phi) is 5.19. The second-order valence-electron chi connectivity index (χ2n) is 7.54. The van der Waals surface area contributed by atoms with E-state index in [1.54, 1.807) is 0 Å². The van der Waals surface area contributed by atoms with Crippen molar-refractivity contribution in [2.24, 2.45) is 0 Å². The summed E-state index contributed by atoms with van der Waals surface area (Å²) in [6.45, 7) is 12.5. The van der Waals surface area contributed by atoms with Crippen molar-refractivity contribution >= 4 is 30.2 Å². The molecule has 0 bridgehead atoms. The Bertz CT molecular complexity index is 537. The Labute approximate surface area is 143 Å². The van der Waals surface area contributed by atoms with Gasteiger partial charge in [-0.3, -0.25) is 4.79 Å². The van der Waals surface area contributed by atoms with Gasteiger partial charge in [0.1, 0.15) is 6.10 Å². The van der Waals surface area contributed by atoms with Crippen LogP contribution in [0.1, 0.15) is 32.8 Å². The molecule has 0 spiro atoms. The Morgan fingerprint density at radius 1 is 1.27 bits per heavy atom. The monoisotopic (exact) mass is 383 g/mol. The maximum atomic E-state index is 12.6. The summed E-state index contributed by atoms with van der Waals surface area (Å²) in [6.07, 6.45) is 0.554. The van der Waals surface area contributed by atoms with Crippen LogP contribution in [0.5, 0.6) is 0 Å². The number of hydrogen-bond acceptors (Lipinski definition) is 2. The molecule has 1 atom stereocenters. The molecule has 1 heterocycles. The molecule has 1 amide bonds. The van der Waals surface area contributed by atoms with Gasteiger partial charge in [-0.05, 0) is 42.2 Å². The lowest BCUT2D eigenvalue weighted by Crippen LogP contribution is -2.46. The molecule has 0 radical (unpaired) electrons. The first-order valence-corrected chi connectivity index (χ1v) is 11.5. The predicted molar refractivity (Wildman–Crippen MR) is 96.2 cm³/mol. The Morgan fingerprint density at radius 2 is 1.86 bits per heavy atom. The van der Waals surface area contributed by atoms with Crippen LogP contribution in [-0.2, 0) is 15.8 Å². The maximum absolute atomic E-state index is 12.6. The number of nitrogens with zero attached hydrogens (tertiary/aromatic N) is 1. The van der Waals surface area contributed by atoms with E-state index in [9.17, 15) is 4.79 Å². The van der Waals surface area contributed by atoms with Crippen LogP contribution in [0, 0.1) is 0 Å². The molecule has 0 aromatic heterocycles. The van der Waals surface area contributed by atoms with Crippen molar-refractivity contribution in [3.63, 3.8) is 0 Å². The topological polar surface area (TPSA) is 29.5 Å². The van der Waals surface area contributed by atoms with Gasteiger partial charge in [0.05, 0.1) is 0 Å². The zero-order chi connectivity index (χ0) is 16.5. The standard InChI is InChI=1S/C17H26BrNO2Si/c1-17(2,3)22(4,5)21-15-10-11-19(16(15)20)12-13-6-8-14(18)9-7-13/h6-9,15H,10-12H2,1-5H3/t15-/m0/s1. The first-order chi connectivity index (χ1) is 10.1. The normalized spacial score (nSPS) is 19.8. The van der Waals surface area contributed by atoms with E-state index in [4.69, 9.17) is 4.43 Å². The molecule has 0 unspecified atom stereocenters. The van der Waals surface area contributed by atoms with Crippen molar-refractivity contribution in [2.75, 3.05) is 6.54 Å². The summed E-state index contributed by atoms with van der Waals surface area (Å²) in [4.78, 5) is 14.5. The Balaban J connectivity index is 1.99. The van der Waals surface area contributed by atoms with Gasteiger partial charge in [0.25, 0.3) is 5.91 Å². The third-order valence-corrected chi connectivity index (χ3v) is 9.79. The van der Waals surface area contributed by atoms with Crippen molar-refractivity contribution in [2.45, 2.75) is 58.0 Å². The van der Waals surface area contributed by atoms with E-state index in [-0.39, 0.29) is 17.0 Å². The predicted octanol–water partition coefficient (Wildman–Crippen LogP) is 4.57. The van der Waals surface area contributed by atoms with Gasteiger partial charge in [-0.25, -0.2) is 0 Å². The molecule has 122 valence electrons. The number of amides is 1. The average Bonchev–Trinajstić information content (AvgIpc) is 2.72. The van der Waals surface area contributed by atoms with Crippen LogP contribution in [0.25, 0.3) is 0 Å². The minimum absolute atomic E-state index is 0.131. The summed E-state index contributed by atoms with van der Waals surface area (Å²) >= 11 is 3.44. The minimum Gasteiger partial charge on any atom is -0.405 e. The maximum Gasteiger partial charge on any atom is 0.250 e. The van der Waals surface area contributed by atoms with Crippen molar-refractivity contribution in [3.05, 3.63) is 34.3 Å². The second-order valence-corrected chi connectivity index (χ2v) is 13.2. The van der Waals surface area contributed by atoms with E-state index < -0.39 is 8.32 Å². The average molecular weight is 384 g/mol. The van der Waals surface area contributed by atoms with E-state index in [0.29, 0.717) is 6.54 Å². The molecular weight excluding hydrogens is 358 g/mol. The van der Waals surface area contributed by atoms with E-state index in [0.717, 1.165) is 23.0 Å². The van der Waals surface area contributed by atoms with E-state index in [1.165, 1.54) is 0 Å². The molecule has 0 aliphatic carbocycles. The smallest absolute Gasteiger partial charge is 0.250 e. The number of carbonyl (C=O) groups excluding carboxylic acids is 1. The number of hydrogen-bond donors (Lipinski definition) is 0. The first kappa shape index (κ1) is 17.7. The summed E-state index contributed by atoms with van der Waals surface area (Å²) in [6, 6.07) is 8.14. The SMILES string of the molecule is CC(C)(C)[Si](C)(C)O[C@H]1CCN(Cc2ccc(Br)cc2)C1=O. The number of carbonyl (C=O) groups is 1. The van der Waals surface area contributed by atoms with Crippen molar-refractivity contribution < 1.29 is 9.22 Å². The largest absolute Gasteiger partial charge is 0.405 e. The molecule has 22 heavy (non-hydrogen) atoms. The van der Waals surface area contributed by atoms with E-state index >= 15 is 0 Å².